The molecule has 1 amide bonds. The minimum atomic E-state index is -0.357. The lowest BCUT2D eigenvalue weighted by molar-refractivity contribution is 0.102. The second-order valence-corrected chi connectivity index (χ2v) is 3.40. The predicted molar refractivity (Wildman–Crippen MR) is 53.8 cm³/mol. The maximum absolute atomic E-state index is 11.6. The number of nitrogens with zero attached hydrogens (tertiary/aromatic N) is 3. The molecule has 2 N–H and O–H groups in total. The summed E-state index contributed by atoms with van der Waals surface area (Å²) in [6, 6.07) is 6.03. The number of hydrogen-bond acceptors (Lipinski definition) is 6. The molecule has 2 aromatic rings. The summed E-state index contributed by atoms with van der Waals surface area (Å²) in [5.74, 6) is -0.317. The van der Waals surface area contributed by atoms with Gasteiger partial charge in [0, 0.05) is 17.1 Å². The minimum Gasteiger partial charge on any atom is -0.508 e. The van der Waals surface area contributed by atoms with E-state index in [2.05, 4.69) is 20.1 Å². The van der Waals surface area contributed by atoms with Gasteiger partial charge in [-0.05, 0) is 23.4 Å². The van der Waals surface area contributed by atoms with Crippen LogP contribution in [0.15, 0.2) is 24.3 Å². The third-order valence-corrected chi connectivity index (χ3v) is 2.14. The van der Waals surface area contributed by atoms with Gasteiger partial charge in [0.25, 0.3) is 5.91 Å². The number of aromatic hydroxyl groups is 1. The van der Waals surface area contributed by atoms with E-state index in [-0.39, 0.29) is 11.7 Å². The van der Waals surface area contributed by atoms with Gasteiger partial charge in [-0.2, -0.15) is 0 Å². The molecule has 0 bridgehead atoms. The Hall–Kier alpha value is -2.02. The van der Waals surface area contributed by atoms with Crippen molar-refractivity contribution in [1.82, 2.24) is 14.8 Å². The van der Waals surface area contributed by atoms with Crippen LogP contribution in [-0.2, 0) is 0 Å². The fraction of sp³-hybridized carbons (Fsp3) is 0. The van der Waals surface area contributed by atoms with Crippen molar-refractivity contribution in [3.8, 4) is 5.75 Å². The van der Waals surface area contributed by atoms with E-state index in [9.17, 15) is 9.90 Å². The van der Waals surface area contributed by atoms with Crippen molar-refractivity contribution in [2.45, 2.75) is 0 Å². The molecule has 0 atom stereocenters. The van der Waals surface area contributed by atoms with Gasteiger partial charge in [-0.3, -0.25) is 10.1 Å². The molecule has 0 fully saturated rings. The lowest BCUT2D eigenvalue weighted by Crippen LogP contribution is -2.11. The average Bonchev–Trinajstić information content (AvgIpc) is 2.70. The highest BCUT2D eigenvalue weighted by atomic mass is 32.1. The summed E-state index contributed by atoms with van der Waals surface area (Å²) in [4.78, 5) is 11.6. The maximum Gasteiger partial charge on any atom is 0.257 e. The molecule has 2 rings (SSSR count). The van der Waals surface area contributed by atoms with Crippen LogP contribution in [0.1, 0.15) is 10.4 Å². The Bertz CT molecular complexity index is 471. The van der Waals surface area contributed by atoms with Crippen LogP contribution < -0.4 is 5.32 Å². The Morgan fingerprint density at radius 1 is 1.47 bits per heavy atom. The van der Waals surface area contributed by atoms with Gasteiger partial charge in [0.05, 0.1) is 0 Å². The Balaban J connectivity index is 2.15. The SMILES string of the molecule is O=C(Nc1nnns1)c1cccc(O)c1. The second kappa shape index (κ2) is 4.01. The molecule has 0 unspecified atom stereocenters. The number of carbonyl (C=O) groups excluding carboxylic acids is 1. The first-order chi connectivity index (χ1) is 7.25. The van der Waals surface area contributed by atoms with Gasteiger partial charge in [-0.1, -0.05) is 15.7 Å². The number of nitrogens with one attached hydrogen (secondary N) is 1. The van der Waals surface area contributed by atoms with Crippen molar-refractivity contribution in [3.63, 3.8) is 0 Å². The van der Waals surface area contributed by atoms with Crippen molar-refractivity contribution in [2.24, 2.45) is 0 Å². The van der Waals surface area contributed by atoms with Crippen molar-refractivity contribution >= 4 is 22.6 Å². The van der Waals surface area contributed by atoms with Crippen LogP contribution in [-0.4, -0.2) is 25.8 Å². The topological polar surface area (TPSA) is 88.0 Å². The molecule has 0 aliphatic heterocycles. The molecule has 0 spiro atoms. The molecule has 1 heterocycles. The molecule has 1 aromatic heterocycles. The molecular weight excluding hydrogens is 216 g/mol. The number of amides is 1. The third kappa shape index (κ3) is 2.26. The monoisotopic (exact) mass is 222 g/mol. The van der Waals surface area contributed by atoms with Crippen LogP contribution in [0.4, 0.5) is 5.13 Å². The summed E-state index contributed by atoms with van der Waals surface area (Å²) in [5.41, 5.74) is 0.352. The second-order valence-electron chi connectivity index (χ2n) is 2.67. The Morgan fingerprint density at radius 2 is 2.33 bits per heavy atom. The number of carbonyl (C=O) groups is 1. The van der Waals surface area contributed by atoms with E-state index in [1.165, 1.54) is 12.1 Å². The number of phenols is 1. The fourth-order valence-corrected chi connectivity index (χ4v) is 1.36. The number of aromatic nitrogens is 3. The van der Waals surface area contributed by atoms with Gasteiger partial charge in [-0.15, -0.1) is 0 Å². The first-order valence-corrected chi connectivity index (χ1v) is 4.78. The number of hydrogen-bond donors (Lipinski definition) is 2. The van der Waals surface area contributed by atoms with Gasteiger partial charge >= 0.3 is 0 Å². The van der Waals surface area contributed by atoms with Gasteiger partial charge in [0.15, 0.2) is 0 Å². The standard InChI is InChI=1S/C8H6N4O2S/c13-6-3-1-2-5(4-6)7(14)9-8-10-11-12-15-8/h1-4,13H,(H,9,10,12,14). The largest absolute Gasteiger partial charge is 0.508 e. The Kier molecular flexibility index (Phi) is 2.55. The lowest BCUT2D eigenvalue weighted by Gasteiger charge is -2.00. The minimum absolute atomic E-state index is 0.0399. The van der Waals surface area contributed by atoms with E-state index in [4.69, 9.17) is 0 Å². The quantitative estimate of drug-likeness (QED) is 0.787. The first-order valence-electron chi connectivity index (χ1n) is 4.01. The molecule has 0 saturated carbocycles. The third-order valence-electron chi connectivity index (χ3n) is 1.63. The number of benzene rings is 1. The first kappa shape index (κ1) is 9.53. The highest BCUT2D eigenvalue weighted by Gasteiger charge is 2.08. The van der Waals surface area contributed by atoms with Crippen LogP contribution >= 0.6 is 11.5 Å². The summed E-state index contributed by atoms with van der Waals surface area (Å²) < 4.78 is 3.50. The number of anilines is 1. The van der Waals surface area contributed by atoms with Gasteiger partial charge in [0.2, 0.25) is 5.13 Å². The van der Waals surface area contributed by atoms with Crippen LogP contribution in [0.25, 0.3) is 0 Å². The number of phenolic OH excluding ortho intramolecular Hbond substituents is 1. The highest BCUT2D eigenvalue weighted by Crippen LogP contribution is 2.13. The van der Waals surface area contributed by atoms with E-state index in [1.807, 2.05) is 0 Å². The molecule has 0 radical (unpaired) electrons. The van der Waals surface area contributed by atoms with Gasteiger partial charge in [0.1, 0.15) is 5.75 Å². The zero-order valence-electron chi connectivity index (χ0n) is 7.41. The molecule has 6 nitrogen and oxygen atoms in total. The average molecular weight is 222 g/mol. The Labute approximate surface area is 88.7 Å². The van der Waals surface area contributed by atoms with Gasteiger partial charge < -0.3 is 5.11 Å². The van der Waals surface area contributed by atoms with E-state index >= 15 is 0 Å². The van der Waals surface area contributed by atoms with E-state index in [1.54, 1.807) is 12.1 Å². The summed E-state index contributed by atoms with van der Waals surface area (Å²) in [6.07, 6.45) is 0. The number of rotatable bonds is 2. The smallest absolute Gasteiger partial charge is 0.257 e. The zero-order chi connectivity index (χ0) is 10.7. The normalized spacial score (nSPS) is 9.87. The fourth-order valence-electron chi connectivity index (χ4n) is 0.998. The molecule has 0 saturated heterocycles. The molecule has 15 heavy (non-hydrogen) atoms. The van der Waals surface area contributed by atoms with Crippen LogP contribution in [0.2, 0.25) is 0 Å². The van der Waals surface area contributed by atoms with E-state index in [0.29, 0.717) is 10.7 Å². The summed E-state index contributed by atoms with van der Waals surface area (Å²) >= 11 is 0.983. The van der Waals surface area contributed by atoms with Crippen LogP contribution in [0, 0.1) is 0 Å². The maximum atomic E-state index is 11.6. The van der Waals surface area contributed by atoms with Crippen LogP contribution in [0.3, 0.4) is 0 Å². The van der Waals surface area contributed by atoms with Crippen molar-refractivity contribution < 1.29 is 9.90 Å². The van der Waals surface area contributed by atoms with Crippen molar-refractivity contribution in [2.75, 3.05) is 5.32 Å². The lowest BCUT2D eigenvalue weighted by atomic mass is 10.2. The van der Waals surface area contributed by atoms with Crippen molar-refractivity contribution in [1.29, 1.82) is 0 Å². The molecule has 1 aromatic carbocycles. The molecule has 76 valence electrons. The molecular formula is C8H6N4O2S. The van der Waals surface area contributed by atoms with Crippen molar-refractivity contribution in [3.05, 3.63) is 29.8 Å². The van der Waals surface area contributed by atoms with Gasteiger partial charge in [-0.25, -0.2) is 0 Å². The molecule has 7 heteroatoms. The zero-order valence-corrected chi connectivity index (χ0v) is 8.23. The Morgan fingerprint density at radius 3 is 3.00 bits per heavy atom. The van der Waals surface area contributed by atoms with Crippen LogP contribution in [0.5, 0.6) is 5.75 Å². The summed E-state index contributed by atoms with van der Waals surface area (Å²) in [7, 11) is 0. The van der Waals surface area contributed by atoms with E-state index < -0.39 is 0 Å². The van der Waals surface area contributed by atoms with E-state index in [0.717, 1.165) is 11.5 Å². The summed E-state index contributed by atoms with van der Waals surface area (Å²) in [5, 5.41) is 18.9. The molecule has 0 aliphatic rings. The molecule has 0 aliphatic carbocycles. The summed E-state index contributed by atoms with van der Waals surface area (Å²) in [6.45, 7) is 0. The highest BCUT2D eigenvalue weighted by molar-refractivity contribution is 7.09. The predicted octanol–water partition coefficient (Wildman–Crippen LogP) is 0.891.